The number of fused-ring (bicyclic) bond motifs is 1. The minimum Gasteiger partial charge on any atom is -0.457 e. The molecule has 1 amide bonds. The molecule has 34 heavy (non-hydrogen) atoms. The molecule has 1 unspecified atom stereocenters. The number of carbonyl (C=O) groups is 2. The number of anilines is 1. The van der Waals surface area contributed by atoms with Gasteiger partial charge in [-0.05, 0) is 49.4 Å². The number of cyclic esters (lactones) is 1. The minimum absolute atomic E-state index is 0.148. The third-order valence-corrected chi connectivity index (χ3v) is 7.06. The van der Waals surface area contributed by atoms with Crippen molar-refractivity contribution in [3.63, 3.8) is 0 Å². The van der Waals surface area contributed by atoms with Gasteiger partial charge in [0.05, 0.1) is 17.7 Å². The van der Waals surface area contributed by atoms with Crippen LogP contribution in [0.15, 0.2) is 52.2 Å². The highest BCUT2D eigenvalue weighted by Crippen LogP contribution is 2.37. The van der Waals surface area contributed by atoms with Crippen LogP contribution >= 0.6 is 0 Å². The number of amides is 1. The van der Waals surface area contributed by atoms with Gasteiger partial charge in [-0.3, -0.25) is 14.7 Å². The van der Waals surface area contributed by atoms with Gasteiger partial charge in [-0.2, -0.15) is 5.10 Å². The van der Waals surface area contributed by atoms with Crippen LogP contribution < -0.4 is 16.7 Å². The Morgan fingerprint density at radius 3 is 2.65 bits per heavy atom. The lowest BCUT2D eigenvalue weighted by atomic mass is 9.80. The van der Waals surface area contributed by atoms with E-state index < -0.39 is 0 Å². The third-order valence-electron chi connectivity index (χ3n) is 7.06. The number of hydrazone groups is 1. The molecule has 9 nitrogen and oxygen atoms in total. The number of benzene rings is 1. The van der Waals surface area contributed by atoms with Gasteiger partial charge in [-0.1, -0.05) is 30.7 Å². The number of hydrogen-bond donors (Lipinski definition) is 2. The molecule has 1 aromatic rings. The normalized spacial score (nSPS) is 21.0. The van der Waals surface area contributed by atoms with Gasteiger partial charge < -0.3 is 15.5 Å². The minimum atomic E-state index is -0.168. The fourth-order valence-electron chi connectivity index (χ4n) is 5.10. The summed E-state index contributed by atoms with van der Waals surface area (Å²) in [5.41, 5.74) is 5.00. The molecule has 182 valence electrons. The highest BCUT2D eigenvalue weighted by Gasteiger charge is 2.33. The van der Waals surface area contributed by atoms with Crippen LogP contribution in [-0.2, 0) is 20.7 Å². The van der Waals surface area contributed by atoms with E-state index in [9.17, 15) is 9.59 Å². The van der Waals surface area contributed by atoms with Gasteiger partial charge in [0.1, 0.15) is 12.9 Å². The molecule has 1 aromatic carbocycles. The van der Waals surface area contributed by atoms with Gasteiger partial charge in [0.25, 0.3) is 0 Å². The molecule has 4 N–H and O–H groups in total. The molecule has 1 aliphatic carbocycles. The van der Waals surface area contributed by atoms with Gasteiger partial charge in [0, 0.05) is 31.8 Å². The molecular formula is C25H34N6O3. The van der Waals surface area contributed by atoms with Crippen LogP contribution in [0.1, 0.15) is 31.7 Å². The van der Waals surface area contributed by atoms with Crippen LogP contribution in [0.4, 0.5) is 5.69 Å². The number of hydrogen-bond acceptors (Lipinski definition) is 7. The summed E-state index contributed by atoms with van der Waals surface area (Å²) in [7, 11) is 0. The summed E-state index contributed by atoms with van der Waals surface area (Å²) in [4.78, 5) is 29.1. The Hall–Kier alpha value is -3.17. The van der Waals surface area contributed by atoms with Crippen LogP contribution in [0.25, 0.3) is 0 Å². The van der Waals surface area contributed by atoms with Crippen LogP contribution in [0.2, 0.25) is 0 Å². The Morgan fingerprint density at radius 2 is 1.97 bits per heavy atom. The maximum Gasteiger partial charge on any atom is 0.338 e. The number of ether oxygens (including phenoxy) is 1. The zero-order chi connectivity index (χ0) is 24.1. The summed E-state index contributed by atoms with van der Waals surface area (Å²) >= 11 is 0. The summed E-state index contributed by atoms with van der Waals surface area (Å²) in [5.74, 6) is 11.4. The zero-order valence-corrected chi connectivity index (χ0v) is 19.8. The first-order valence-electron chi connectivity index (χ1n) is 12.0. The monoisotopic (exact) mass is 466 g/mol. The van der Waals surface area contributed by atoms with Crippen molar-refractivity contribution in [1.29, 1.82) is 0 Å². The van der Waals surface area contributed by atoms with E-state index in [2.05, 4.69) is 23.0 Å². The predicted octanol–water partition coefficient (Wildman–Crippen LogP) is 1.56. The number of carbonyl (C=O) groups excluding carboxylic acids is 2. The lowest BCUT2D eigenvalue weighted by Gasteiger charge is -2.36. The summed E-state index contributed by atoms with van der Waals surface area (Å²) in [6.07, 6.45) is 6.70. The Balaban J connectivity index is 1.23. The molecular weight excluding hydrogens is 432 g/mol. The highest BCUT2D eigenvalue weighted by atomic mass is 16.5. The second-order valence-corrected chi connectivity index (χ2v) is 9.01. The number of nitrogens with two attached hydrogens (primary N) is 2. The van der Waals surface area contributed by atoms with E-state index in [0.717, 1.165) is 74.4 Å². The average Bonchev–Trinajstić information content (AvgIpc) is 3.24. The molecule has 1 atom stereocenters. The van der Waals surface area contributed by atoms with Crippen LogP contribution in [0, 0.1) is 5.92 Å². The van der Waals surface area contributed by atoms with Gasteiger partial charge in [-0.15, -0.1) is 0 Å². The molecule has 0 radical (unpaired) electrons. The number of hydrazine groups is 1. The summed E-state index contributed by atoms with van der Waals surface area (Å²) in [6, 6.07) is 7.50. The fourth-order valence-corrected chi connectivity index (χ4v) is 5.10. The van der Waals surface area contributed by atoms with Crippen molar-refractivity contribution >= 4 is 23.9 Å². The number of esters is 1. The Bertz CT molecular complexity index is 992. The van der Waals surface area contributed by atoms with E-state index in [1.165, 1.54) is 16.9 Å². The molecule has 0 aromatic heterocycles. The topological polar surface area (TPSA) is 117 Å². The molecule has 0 spiro atoms. The maximum absolute atomic E-state index is 12.8. The van der Waals surface area contributed by atoms with E-state index in [1.807, 2.05) is 29.2 Å². The van der Waals surface area contributed by atoms with Gasteiger partial charge in [0.15, 0.2) is 0 Å². The number of rotatable bonds is 8. The molecule has 3 aliphatic rings. The summed E-state index contributed by atoms with van der Waals surface area (Å²) < 4.78 is 5.25. The van der Waals surface area contributed by atoms with E-state index in [4.69, 9.17) is 16.4 Å². The third kappa shape index (κ3) is 5.31. The van der Waals surface area contributed by atoms with Gasteiger partial charge >= 0.3 is 5.97 Å². The number of piperazine rings is 1. The molecule has 0 bridgehead atoms. The first-order chi connectivity index (χ1) is 16.5. The molecule has 4 rings (SSSR count). The summed E-state index contributed by atoms with van der Waals surface area (Å²) in [6.45, 7) is 6.88. The predicted molar refractivity (Wildman–Crippen MR) is 132 cm³/mol. The van der Waals surface area contributed by atoms with Crippen molar-refractivity contribution in [2.24, 2.45) is 22.7 Å². The van der Waals surface area contributed by atoms with Crippen molar-refractivity contribution in [2.45, 2.75) is 32.6 Å². The Kier molecular flexibility index (Phi) is 7.64. The van der Waals surface area contributed by atoms with Gasteiger partial charge in [0.2, 0.25) is 5.91 Å². The van der Waals surface area contributed by atoms with Crippen molar-refractivity contribution in [3.05, 3.63) is 52.6 Å². The van der Waals surface area contributed by atoms with E-state index in [1.54, 1.807) is 0 Å². The fraction of sp³-hybridized carbons (Fsp3) is 0.480. The average molecular weight is 467 g/mol. The van der Waals surface area contributed by atoms with E-state index in [0.29, 0.717) is 18.9 Å². The van der Waals surface area contributed by atoms with Crippen LogP contribution in [0.3, 0.4) is 0 Å². The largest absolute Gasteiger partial charge is 0.457 e. The first kappa shape index (κ1) is 24.0. The molecule has 9 heteroatoms. The van der Waals surface area contributed by atoms with E-state index in [-0.39, 0.29) is 11.9 Å². The van der Waals surface area contributed by atoms with Crippen LogP contribution in [-0.4, -0.2) is 67.3 Å². The lowest BCUT2D eigenvalue weighted by molar-refractivity contribution is -0.135. The molecule has 0 saturated carbocycles. The molecule has 2 aliphatic heterocycles. The quantitative estimate of drug-likeness (QED) is 0.196. The molecule has 2 heterocycles. The van der Waals surface area contributed by atoms with Crippen molar-refractivity contribution in [2.75, 3.05) is 44.3 Å². The second kappa shape index (κ2) is 10.8. The molecule has 2 saturated heterocycles. The highest BCUT2D eigenvalue weighted by molar-refractivity contribution is 5.97. The zero-order valence-electron chi connectivity index (χ0n) is 19.8. The van der Waals surface area contributed by atoms with Gasteiger partial charge in [-0.25, -0.2) is 10.6 Å². The second-order valence-electron chi connectivity index (χ2n) is 9.01. The van der Waals surface area contributed by atoms with Crippen molar-refractivity contribution in [3.8, 4) is 0 Å². The van der Waals surface area contributed by atoms with Crippen LogP contribution in [0.5, 0.6) is 0 Å². The van der Waals surface area contributed by atoms with Crippen molar-refractivity contribution < 1.29 is 14.3 Å². The Labute approximate surface area is 200 Å². The number of nitrogens with zero attached hydrogens (tertiary/aromatic N) is 4. The summed E-state index contributed by atoms with van der Waals surface area (Å²) in [5, 5.41) is 4.73. The standard InChI is InChI=1S/C25H34N6O3/c1-2-21-19(5-8-22-23(21)16-34-25(22)33)9-10-29-11-13-30(14-12-29)24(32)15-18-3-6-20(7-4-18)31(27)17-28-26/h3-4,6-8,17,19H,2,5,9-16,26-27H2,1H3/b28-17-. The molecule has 2 fully saturated rings. The maximum atomic E-state index is 12.8. The number of allylic oxidation sites excluding steroid dienone is 2. The Morgan fingerprint density at radius 1 is 1.24 bits per heavy atom. The SMILES string of the molecule is CCC1=C2COC(=O)C2=CCC1CCN1CCN(C(=O)Cc2ccc(N(N)/C=N\N)cc2)CC1. The van der Waals surface area contributed by atoms with E-state index >= 15 is 0 Å². The first-order valence-corrected chi connectivity index (χ1v) is 12.0. The smallest absolute Gasteiger partial charge is 0.338 e. The van der Waals surface area contributed by atoms with Crippen molar-refractivity contribution in [1.82, 2.24) is 9.80 Å². The lowest BCUT2D eigenvalue weighted by Crippen LogP contribution is -2.49.